The van der Waals surface area contributed by atoms with E-state index in [-0.39, 0.29) is 10.8 Å². The number of hydrogen-bond donors (Lipinski definition) is 0. The number of allylic oxidation sites excluding steroid dienone is 8. The molecular weight excluding hydrogens is 708 g/mol. The maximum absolute atomic E-state index is 7.30. The number of anilines is 1. The maximum Gasteiger partial charge on any atom is 0.210 e. The third kappa shape index (κ3) is 6.94. The van der Waals surface area contributed by atoms with Gasteiger partial charge in [0.1, 0.15) is 7.05 Å². The predicted octanol–water partition coefficient (Wildman–Crippen LogP) is 13.8. The fraction of sp³-hybridized carbons (Fsp3) is 0.383. The molecule has 4 aromatic carbocycles. The van der Waals surface area contributed by atoms with Gasteiger partial charge in [0.15, 0.2) is 5.71 Å². The third-order valence-corrected chi connectivity index (χ3v) is 12.0. The standard InChI is InChI=1S/C46H52ClN2.CH3Br/c1-7-8-9-10-15-31-49-39-28-24-33-18-12-14-22-37(33)43(39)46(4,5)41(49)30-26-35-20-16-19-34(44(35)47)25-29-40-45(2,3)42-36-21-13-11-17-32(36)23-27-38(42)48(40)6;1-2/h11-14,17-18,21-30H,7-10,15-16,19-20,31H2,1-6H3;1H3/q+1;. The van der Waals surface area contributed by atoms with Crippen molar-refractivity contribution in [3.8, 4) is 0 Å². The fourth-order valence-electron chi connectivity index (χ4n) is 8.91. The van der Waals surface area contributed by atoms with Crippen LogP contribution in [0.25, 0.3) is 21.5 Å². The second-order valence-corrected chi connectivity index (χ2v) is 15.8. The molecule has 0 saturated carbocycles. The highest BCUT2D eigenvalue weighted by Gasteiger charge is 2.44. The largest absolute Gasteiger partial charge is 0.344 e. The third-order valence-electron chi connectivity index (χ3n) is 11.5. The summed E-state index contributed by atoms with van der Waals surface area (Å²) in [5.74, 6) is 1.81. The van der Waals surface area contributed by atoms with Crippen molar-refractivity contribution in [1.82, 2.24) is 0 Å². The van der Waals surface area contributed by atoms with Crippen molar-refractivity contribution in [3.63, 3.8) is 0 Å². The van der Waals surface area contributed by atoms with Crippen LogP contribution < -0.4 is 4.90 Å². The van der Waals surface area contributed by atoms with Crippen LogP contribution in [0.2, 0.25) is 0 Å². The lowest BCUT2D eigenvalue weighted by atomic mass is 9.79. The normalized spacial score (nSPS) is 19.4. The lowest BCUT2D eigenvalue weighted by Crippen LogP contribution is -2.27. The number of fused-ring (bicyclic) bond motifs is 6. The molecule has 51 heavy (non-hydrogen) atoms. The predicted molar refractivity (Wildman–Crippen MR) is 228 cm³/mol. The molecule has 2 nitrogen and oxygen atoms in total. The molecule has 0 N–H and O–H groups in total. The number of alkyl halides is 1. The monoisotopic (exact) mass is 761 g/mol. The summed E-state index contributed by atoms with van der Waals surface area (Å²) in [7, 11) is 2.20. The van der Waals surface area contributed by atoms with Crippen LogP contribution in [0.5, 0.6) is 0 Å². The number of benzene rings is 4. The van der Waals surface area contributed by atoms with E-state index in [0.717, 1.165) is 30.8 Å². The van der Waals surface area contributed by atoms with E-state index in [9.17, 15) is 0 Å². The minimum Gasteiger partial charge on any atom is -0.344 e. The van der Waals surface area contributed by atoms with E-state index in [1.165, 1.54) is 98.7 Å². The average Bonchev–Trinajstić information content (AvgIpc) is 3.48. The Hall–Kier alpha value is -3.40. The minimum absolute atomic E-state index is 0.112. The van der Waals surface area contributed by atoms with Crippen molar-refractivity contribution in [2.24, 2.45) is 0 Å². The molecule has 266 valence electrons. The van der Waals surface area contributed by atoms with Crippen LogP contribution in [0, 0.1) is 0 Å². The Balaban J connectivity index is 0.00000220. The van der Waals surface area contributed by atoms with Crippen molar-refractivity contribution in [2.45, 2.75) is 96.8 Å². The minimum atomic E-state index is -0.112. The Morgan fingerprint density at radius 3 is 2.10 bits per heavy atom. The van der Waals surface area contributed by atoms with E-state index < -0.39 is 0 Å². The highest BCUT2D eigenvalue weighted by molar-refractivity contribution is 9.08. The summed E-state index contributed by atoms with van der Waals surface area (Å²) in [6.45, 7) is 12.9. The van der Waals surface area contributed by atoms with E-state index in [2.05, 4.69) is 164 Å². The SMILES string of the molecule is CBr.CCCCCCCN1/C(=C/C=C2\CCCC(/C=C/C3=[N+](C)c4ccc5ccccc5c4C3(C)C)=C2Cl)C(C)(C)c2c1ccc1ccccc21. The molecule has 2 aliphatic heterocycles. The summed E-state index contributed by atoms with van der Waals surface area (Å²) in [5.41, 5.74) is 10.5. The first kappa shape index (κ1) is 37.4. The fourth-order valence-corrected chi connectivity index (χ4v) is 9.23. The van der Waals surface area contributed by atoms with Crippen molar-refractivity contribution in [2.75, 3.05) is 24.3 Å². The molecule has 2 heterocycles. The van der Waals surface area contributed by atoms with Gasteiger partial charge in [-0.1, -0.05) is 141 Å². The first-order chi connectivity index (χ1) is 24.6. The van der Waals surface area contributed by atoms with Gasteiger partial charge in [0.2, 0.25) is 5.69 Å². The summed E-state index contributed by atoms with van der Waals surface area (Å²) in [5, 5.41) is 6.25. The molecule has 4 aromatic rings. The molecule has 0 unspecified atom stereocenters. The highest BCUT2D eigenvalue weighted by Crippen LogP contribution is 2.51. The molecule has 0 aromatic heterocycles. The van der Waals surface area contributed by atoms with E-state index in [0.29, 0.717) is 0 Å². The molecule has 3 aliphatic rings. The molecule has 0 radical (unpaired) electrons. The number of halogens is 2. The van der Waals surface area contributed by atoms with Gasteiger partial charge in [-0.2, -0.15) is 4.58 Å². The Labute approximate surface area is 320 Å². The van der Waals surface area contributed by atoms with Gasteiger partial charge in [0.25, 0.3) is 0 Å². The summed E-state index contributed by atoms with van der Waals surface area (Å²) in [6.07, 6.45) is 18.9. The Morgan fingerprint density at radius 1 is 0.745 bits per heavy atom. The zero-order valence-corrected chi connectivity index (χ0v) is 34.1. The zero-order chi connectivity index (χ0) is 36.3. The van der Waals surface area contributed by atoms with Crippen LogP contribution >= 0.6 is 27.5 Å². The molecule has 4 heteroatoms. The van der Waals surface area contributed by atoms with E-state index in [4.69, 9.17) is 11.6 Å². The van der Waals surface area contributed by atoms with Crippen molar-refractivity contribution in [3.05, 3.63) is 130 Å². The topological polar surface area (TPSA) is 6.25 Å². The summed E-state index contributed by atoms with van der Waals surface area (Å²) in [4.78, 5) is 2.61. The Bertz CT molecular complexity index is 2090. The van der Waals surface area contributed by atoms with Gasteiger partial charge in [0.05, 0.1) is 5.41 Å². The number of nitrogens with zero attached hydrogens (tertiary/aromatic N) is 2. The van der Waals surface area contributed by atoms with E-state index >= 15 is 0 Å². The quantitative estimate of drug-likeness (QED) is 0.0935. The second-order valence-electron chi connectivity index (χ2n) is 15.4. The first-order valence-corrected chi connectivity index (χ1v) is 20.9. The summed E-state index contributed by atoms with van der Waals surface area (Å²) < 4.78 is 2.37. The van der Waals surface area contributed by atoms with Crippen molar-refractivity contribution >= 4 is 66.2 Å². The molecule has 0 bridgehead atoms. The lowest BCUT2D eigenvalue weighted by molar-refractivity contribution is -0.401. The van der Waals surface area contributed by atoms with Gasteiger partial charge in [-0.25, -0.2) is 0 Å². The molecule has 0 saturated heterocycles. The maximum atomic E-state index is 7.30. The Morgan fingerprint density at radius 2 is 1.39 bits per heavy atom. The van der Waals surface area contributed by atoms with Crippen LogP contribution in [0.1, 0.15) is 97.1 Å². The lowest BCUT2D eigenvalue weighted by Gasteiger charge is -2.27. The molecule has 0 spiro atoms. The van der Waals surface area contributed by atoms with Crippen LogP contribution in [-0.4, -0.2) is 29.7 Å². The van der Waals surface area contributed by atoms with Crippen LogP contribution in [0.15, 0.2) is 119 Å². The van der Waals surface area contributed by atoms with Gasteiger partial charge in [-0.05, 0) is 102 Å². The Kier molecular flexibility index (Phi) is 11.5. The van der Waals surface area contributed by atoms with Crippen molar-refractivity contribution in [1.29, 1.82) is 0 Å². The van der Waals surface area contributed by atoms with Crippen LogP contribution in [0.4, 0.5) is 11.4 Å². The van der Waals surface area contributed by atoms with Gasteiger partial charge >= 0.3 is 0 Å². The van der Waals surface area contributed by atoms with Crippen LogP contribution in [0.3, 0.4) is 0 Å². The zero-order valence-electron chi connectivity index (χ0n) is 31.8. The summed E-state index contributed by atoms with van der Waals surface area (Å²) >= 11 is 10.2. The molecule has 1 aliphatic carbocycles. The van der Waals surface area contributed by atoms with Crippen molar-refractivity contribution < 1.29 is 4.58 Å². The molecular formula is C47H55BrClN2+. The summed E-state index contributed by atoms with van der Waals surface area (Å²) in [6, 6.07) is 26.8. The van der Waals surface area contributed by atoms with Gasteiger partial charge in [0, 0.05) is 46.1 Å². The molecule has 0 atom stereocenters. The number of rotatable bonds is 9. The first-order valence-electron chi connectivity index (χ1n) is 18.9. The molecule has 7 rings (SSSR count). The van der Waals surface area contributed by atoms with Gasteiger partial charge in [-0.15, -0.1) is 0 Å². The number of unbranched alkanes of at least 4 members (excludes halogenated alkanes) is 4. The average molecular weight is 763 g/mol. The van der Waals surface area contributed by atoms with E-state index in [1.54, 1.807) is 0 Å². The molecule has 0 fully saturated rings. The smallest absolute Gasteiger partial charge is 0.210 e. The highest BCUT2D eigenvalue weighted by atomic mass is 79.9. The van der Waals surface area contributed by atoms with Gasteiger partial charge < -0.3 is 4.90 Å². The van der Waals surface area contributed by atoms with E-state index in [1.807, 2.05) is 5.83 Å². The van der Waals surface area contributed by atoms with Crippen LogP contribution in [-0.2, 0) is 10.8 Å². The number of hydrogen-bond acceptors (Lipinski definition) is 1. The molecule has 0 amide bonds. The van der Waals surface area contributed by atoms with Gasteiger partial charge in [-0.3, -0.25) is 0 Å². The second kappa shape index (κ2) is 15.7.